The number of ketones is 1. The molecule has 1 heterocycles. The highest BCUT2D eigenvalue weighted by Crippen LogP contribution is 2.34. The minimum absolute atomic E-state index is 0.00950. The summed E-state index contributed by atoms with van der Waals surface area (Å²) < 4.78 is 43.5. The van der Waals surface area contributed by atoms with Crippen LogP contribution in [0.25, 0.3) is 6.08 Å². The molecule has 0 amide bonds. The number of rotatable bonds is 3. The van der Waals surface area contributed by atoms with Gasteiger partial charge in [-0.1, -0.05) is 36.4 Å². The Labute approximate surface area is 108 Å². The molecule has 0 aromatic heterocycles. The zero-order valence-corrected chi connectivity index (χ0v) is 9.91. The molecule has 1 N–H and O–H groups in total. The van der Waals surface area contributed by atoms with Crippen LogP contribution in [0.3, 0.4) is 0 Å². The molecule has 0 radical (unpaired) electrons. The fourth-order valence-electron chi connectivity index (χ4n) is 1.82. The van der Waals surface area contributed by atoms with Gasteiger partial charge in [-0.3, -0.25) is 10.1 Å². The Kier molecular flexibility index (Phi) is 3.73. The number of carbonyl (C=O) groups excluding carboxylic acids is 1. The summed E-state index contributed by atoms with van der Waals surface area (Å²) in [4.78, 5) is 11.8. The van der Waals surface area contributed by atoms with Crippen molar-refractivity contribution < 1.29 is 22.7 Å². The molecular weight excluding hydrogens is 259 g/mol. The summed E-state index contributed by atoms with van der Waals surface area (Å²) in [5.74, 6) is -1.15. The summed E-state index contributed by atoms with van der Waals surface area (Å²) in [6.07, 6.45) is -2.57. The molecule has 2 rings (SSSR count). The molecule has 0 saturated carbocycles. The zero-order chi connectivity index (χ0) is 13.9. The Hall–Kier alpha value is -1.66. The first-order chi connectivity index (χ1) is 8.96. The van der Waals surface area contributed by atoms with Crippen molar-refractivity contribution in [2.45, 2.75) is 11.9 Å². The first kappa shape index (κ1) is 13.8. The van der Waals surface area contributed by atoms with Crippen LogP contribution in [0.2, 0.25) is 0 Å². The van der Waals surface area contributed by atoms with E-state index < -0.39 is 17.7 Å². The van der Waals surface area contributed by atoms with E-state index in [0.29, 0.717) is 5.56 Å². The summed E-state index contributed by atoms with van der Waals surface area (Å²) >= 11 is 0. The van der Waals surface area contributed by atoms with E-state index in [1.165, 1.54) is 6.08 Å². The molecule has 1 saturated heterocycles. The second-order valence-corrected chi connectivity index (χ2v) is 4.06. The smallest absolute Gasteiger partial charge is 0.344 e. The van der Waals surface area contributed by atoms with Crippen LogP contribution in [0.15, 0.2) is 36.4 Å². The third kappa shape index (κ3) is 2.69. The number of ether oxygens (including phenoxy) is 1. The van der Waals surface area contributed by atoms with Gasteiger partial charge in [0.05, 0.1) is 6.61 Å². The van der Waals surface area contributed by atoms with Crippen LogP contribution < -0.4 is 5.32 Å². The largest absolute Gasteiger partial charge is 0.439 e. The summed E-state index contributed by atoms with van der Waals surface area (Å²) in [6, 6.07) is 8.61. The van der Waals surface area contributed by atoms with E-state index in [2.05, 4.69) is 10.1 Å². The predicted octanol–water partition coefficient (Wildman–Crippen LogP) is 2.15. The summed E-state index contributed by atoms with van der Waals surface area (Å²) in [6.45, 7) is -0.158. The van der Waals surface area contributed by atoms with Crippen molar-refractivity contribution in [3.05, 3.63) is 42.0 Å². The number of halogens is 3. The maximum atomic E-state index is 12.9. The van der Waals surface area contributed by atoms with Gasteiger partial charge in [0, 0.05) is 6.54 Å². The monoisotopic (exact) mass is 271 g/mol. The zero-order valence-electron chi connectivity index (χ0n) is 9.91. The van der Waals surface area contributed by atoms with Gasteiger partial charge in [-0.05, 0) is 11.6 Å². The normalized spacial score (nSPS) is 23.9. The van der Waals surface area contributed by atoms with E-state index in [-0.39, 0.29) is 13.2 Å². The molecule has 1 atom stereocenters. The third-order valence-electron chi connectivity index (χ3n) is 2.77. The molecule has 0 spiro atoms. The Bertz CT molecular complexity index is 476. The van der Waals surface area contributed by atoms with Gasteiger partial charge in [-0.25, -0.2) is 0 Å². The van der Waals surface area contributed by atoms with Crippen LogP contribution in [0, 0.1) is 0 Å². The van der Waals surface area contributed by atoms with E-state index in [4.69, 9.17) is 0 Å². The molecule has 1 unspecified atom stereocenters. The fourth-order valence-corrected chi connectivity index (χ4v) is 1.82. The third-order valence-corrected chi connectivity index (χ3v) is 2.77. The van der Waals surface area contributed by atoms with Gasteiger partial charge in [-0.15, -0.1) is 0 Å². The number of benzene rings is 1. The van der Waals surface area contributed by atoms with Crippen molar-refractivity contribution in [3.63, 3.8) is 0 Å². The quantitative estimate of drug-likeness (QED) is 0.856. The van der Waals surface area contributed by atoms with Gasteiger partial charge >= 0.3 is 6.18 Å². The molecule has 6 heteroatoms. The lowest BCUT2D eigenvalue weighted by Crippen LogP contribution is -2.59. The van der Waals surface area contributed by atoms with Gasteiger partial charge in [0.25, 0.3) is 5.72 Å². The first-order valence-corrected chi connectivity index (χ1v) is 5.69. The second-order valence-electron chi connectivity index (χ2n) is 4.06. The minimum atomic E-state index is -4.79. The molecule has 3 nitrogen and oxygen atoms in total. The Morgan fingerprint density at radius 1 is 1.32 bits per heavy atom. The van der Waals surface area contributed by atoms with E-state index in [0.717, 1.165) is 6.08 Å². The molecule has 102 valence electrons. The van der Waals surface area contributed by atoms with Crippen molar-refractivity contribution in [1.29, 1.82) is 0 Å². The van der Waals surface area contributed by atoms with Crippen LogP contribution >= 0.6 is 0 Å². The number of hydrogen-bond acceptors (Lipinski definition) is 3. The predicted molar refractivity (Wildman–Crippen MR) is 63.2 cm³/mol. The lowest BCUT2D eigenvalue weighted by Gasteiger charge is -2.27. The molecular formula is C13H12F3NO2. The molecule has 1 aromatic rings. The topological polar surface area (TPSA) is 38.3 Å². The molecule has 1 fully saturated rings. The van der Waals surface area contributed by atoms with Crippen molar-refractivity contribution in [2.75, 3.05) is 13.2 Å². The number of alkyl halides is 3. The van der Waals surface area contributed by atoms with Crippen molar-refractivity contribution in [1.82, 2.24) is 5.32 Å². The first-order valence-electron chi connectivity index (χ1n) is 5.69. The average Bonchev–Trinajstić information content (AvgIpc) is 2.87. The molecule has 0 bridgehead atoms. The molecule has 19 heavy (non-hydrogen) atoms. The van der Waals surface area contributed by atoms with Crippen LogP contribution in [-0.4, -0.2) is 30.8 Å². The van der Waals surface area contributed by atoms with Crippen LogP contribution in [0.5, 0.6) is 0 Å². The standard InChI is InChI=1S/C13H12F3NO2/c14-13(15,16)12(17-8-9-19-12)11(18)7-6-10-4-2-1-3-5-10/h1-7,17H,8-9H2. The lowest BCUT2D eigenvalue weighted by atomic mass is 10.1. The van der Waals surface area contributed by atoms with Crippen molar-refractivity contribution >= 4 is 11.9 Å². The van der Waals surface area contributed by atoms with Gasteiger partial charge in [0.2, 0.25) is 5.78 Å². The van der Waals surface area contributed by atoms with Gasteiger partial charge in [-0.2, -0.15) is 13.2 Å². The van der Waals surface area contributed by atoms with E-state index in [9.17, 15) is 18.0 Å². The minimum Gasteiger partial charge on any atom is -0.344 e. The summed E-state index contributed by atoms with van der Waals surface area (Å²) in [5, 5.41) is 2.10. The summed E-state index contributed by atoms with van der Waals surface area (Å²) in [7, 11) is 0. The number of hydrogen-bond donors (Lipinski definition) is 1. The molecule has 1 aliphatic rings. The van der Waals surface area contributed by atoms with Gasteiger partial charge < -0.3 is 4.74 Å². The second kappa shape index (κ2) is 5.14. The highest BCUT2D eigenvalue weighted by atomic mass is 19.4. The van der Waals surface area contributed by atoms with Crippen LogP contribution in [-0.2, 0) is 9.53 Å². The molecule has 1 aromatic carbocycles. The van der Waals surface area contributed by atoms with Gasteiger partial charge in [0.15, 0.2) is 0 Å². The van der Waals surface area contributed by atoms with E-state index in [1.54, 1.807) is 30.3 Å². The summed E-state index contributed by atoms with van der Waals surface area (Å²) in [5.41, 5.74) is -2.26. The van der Waals surface area contributed by atoms with Crippen LogP contribution in [0.1, 0.15) is 5.56 Å². The lowest BCUT2D eigenvalue weighted by molar-refractivity contribution is -0.257. The number of nitrogens with one attached hydrogen (secondary N) is 1. The Morgan fingerprint density at radius 2 is 2.00 bits per heavy atom. The maximum Gasteiger partial charge on any atom is 0.439 e. The maximum absolute atomic E-state index is 12.9. The van der Waals surface area contributed by atoms with Crippen LogP contribution in [0.4, 0.5) is 13.2 Å². The average molecular weight is 271 g/mol. The van der Waals surface area contributed by atoms with Crippen molar-refractivity contribution in [3.8, 4) is 0 Å². The van der Waals surface area contributed by atoms with E-state index >= 15 is 0 Å². The van der Waals surface area contributed by atoms with Crippen molar-refractivity contribution in [2.24, 2.45) is 0 Å². The highest BCUT2D eigenvalue weighted by Gasteiger charge is 2.62. The SMILES string of the molecule is O=C(C=Cc1ccccc1)C1(C(F)(F)F)NCCO1. The van der Waals surface area contributed by atoms with E-state index in [1.807, 2.05) is 0 Å². The Morgan fingerprint density at radius 3 is 2.53 bits per heavy atom. The molecule has 0 aliphatic carbocycles. The Balaban J connectivity index is 2.20. The molecule has 1 aliphatic heterocycles. The number of carbonyl (C=O) groups is 1. The fraction of sp³-hybridized carbons (Fsp3) is 0.308. The highest BCUT2D eigenvalue weighted by molar-refractivity contribution is 6.00. The van der Waals surface area contributed by atoms with Gasteiger partial charge in [0.1, 0.15) is 0 Å².